The van der Waals surface area contributed by atoms with Gasteiger partial charge in [0.15, 0.2) is 5.82 Å². The second kappa shape index (κ2) is 5.60. The van der Waals surface area contributed by atoms with Gasteiger partial charge >= 0.3 is 0 Å². The molecule has 18 heavy (non-hydrogen) atoms. The van der Waals surface area contributed by atoms with Crippen LogP contribution in [-0.2, 0) is 13.0 Å². The lowest BCUT2D eigenvalue weighted by Gasteiger charge is -1.96. The first-order chi connectivity index (χ1) is 8.54. The van der Waals surface area contributed by atoms with Crippen LogP contribution >= 0.6 is 15.9 Å². The SMILES string of the molecule is CC(C)Cc1nc(Cn2cc(C(C)Br)nn2)no1. The summed E-state index contributed by atoms with van der Waals surface area (Å²) in [4.78, 5) is 4.51. The zero-order valence-corrected chi connectivity index (χ0v) is 12.3. The third kappa shape index (κ3) is 3.38. The quantitative estimate of drug-likeness (QED) is 0.792. The molecule has 0 N–H and O–H groups in total. The van der Waals surface area contributed by atoms with E-state index in [4.69, 9.17) is 4.52 Å². The molecule has 0 aliphatic rings. The Labute approximate surface area is 114 Å². The minimum Gasteiger partial charge on any atom is -0.339 e. The number of hydrogen-bond donors (Lipinski definition) is 0. The minimum absolute atomic E-state index is 0.188. The average Bonchev–Trinajstić information content (AvgIpc) is 2.88. The second-order valence-corrected chi connectivity index (χ2v) is 6.03. The van der Waals surface area contributed by atoms with E-state index in [1.807, 2.05) is 13.1 Å². The van der Waals surface area contributed by atoms with Gasteiger partial charge < -0.3 is 4.52 Å². The highest BCUT2D eigenvalue weighted by atomic mass is 79.9. The summed E-state index contributed by atoms with van der Waals surface area (Å²) in [6.07, 6.45) is 2.67. The molecule has 1 atom stereocenters. The average molecular weight is 314 g/mol. The summed E-state index contributed by atoms with van der Waals surface area (Å²) in [5, 5.41) is 12.0. The van der Waals surface area contributed by atoms with Crippen LogP contribution in [0.1, 0.15) is 43.0 Å². The normalized spacial score (nSPS) is 13.2. The van der Waals surface area contributed by atoms with Gasteiger partial charge in [-0.2, -0.15) is 4.98 Å². The maximum Gasteiger partial charge on any atom is 0.226 e. The number of alkyl halides is 1. The first-order valence-electron chi connectivity index (χ1n) is 5.90. The van der Waals surface area contributed by atoms with Gasteiger partial charge in [0.25, 0.3) is 0 Å². The van der Waals surface area contributed by atoms with Gasteiger partial charge in [-0.1, -0.05) is 40.1 Å². The van der Waals surface area contributed by atoms with E-state index in [9.17, 15) is 0 Å². The molecule has 0 aromatic carbocycles. The van der Waals surface area contributed by atoms with Crippen molar-refractivity contribution >= 4 is 15.9 Å². The van der Waals surface area contributed by atoms with Crippen molar-refractivity contribution in [2.75, 3.05) is 0 Å². The van der Waals surface area contributed by atoms with E-state index in [-0.39, 0.29) is 4.83 Å². The lowest BCUT2D eigenvalue weighted by atomic mass is 10.1. The van der Waals surface area contributed by atoms with Crippen molar-refractivity contribution in [2.45, 2.75) is 38.6 Å². The van der Waals surface area contributed by atoms with Gasteiger partial charge in [0.1, 0.15) is 6.54 Å². The van der Waals surface area contributed by atoms with Crippen LogP contribution in [0.2, 0.25) is 0 Å². The van der Waals surface area contributed by atoms with Crippen LogP contribution in [0.4, 0.5) is 0 Å². The maximum absolute atomic E-state index is 5.17. The monoisotopic (exact) mass is 313 g/mol. The molecule has 0 aliphatic heterocycles. The number of aromatic nitrogens is 5. The summed E-state index contributed by atoms with van der Waals surface area (Å²) in [5.41, 5.74) is 0.890. The van der Waals surface area contributed by atoms with E-state index >= 15 is 0 Å². The third-order valence-corrected chi connectivity index (χ3v) is 2.83. The van der Waals surface area contributed by atoms with E-state index in [1.54, 1.807) is 4.68 Å². The van der Waals surface area contributed by atoms with Crippen molar-refractivity contribution in [1.82, 2.24) is 25.1 Å². The van der Waals surface area contributed by atoms with Crippen molar-refractivity contribution in [3.05, 3.63) is 23.6 Å². The Morgan fingerprint density at radius 3 is 2.78 bits per heavy atom. The van der Waals surface area contributed by atoms with Gasteiger partial charge in [-0.25, -0.2) is 4.68 Å². The molecule has 2 aromatic heterocycles. The molecule has 0 amide bonds. The number of hydrogen-bond acceptors (Lipinski definition) is 5. The van der Waals surface area contributed by atoms with Gasteiger partial charge in [-0.05, 0) is 12.8 Å². The van der Waals surface area contributed by atoms with Crippen LogP contribution < -0.4 is 0 Å². The zero-order valence-electron chi connectivity index (χ0n) is 10.7. The van der Waals surface area contributed by atoms with Gasteiger partial charge in [0.2, 0.25) is 5.89 Å². The van der Waals surface area contributed by atoms with Crippen LogP contribution in [0.5, 0.6) is 0 Å². The first-order valence-corrected chi connectivity index (χ1v) is 6.81. The summed E-state index contributed by atoms with van der Waals surface area (Å²) >= 11 is 3.45. The van der Waals surface area contributed by atoms with Gasteiger partial charge in [-0.15, -0.1) is 5.10 Å². The topological polar surface area (TPSA) is 69.6 Å². The van der Waals surface area contributed by atoms with Crippen LogP contribution in [0.15, 0.2) is 10.7 Å². The molecule has 6 nitrogen and oxygen atoms in total. The first kappa shape index (κ1) is 13.2. The van der Waals surface area contributed by atoms with Crippen molar-refractivity contribution in [3.8, 4) is 0 Å². The highest BCUT2D eigenvalue weighted by Gasteiger charge is 2.11. The predicted molar refractivity (Wildman–Crippen MR) is 69.3 cm³/mol. The third-order valence-electron chi connectivity index (χ3n) is 2.36. The number of halogens is 1. The molecule has 2 heterocycles. The van der Waals surface area contributed by atoms with E-state index in [1.165, 1.54) is 0 Å². The Morgan fingerprint density at radius 2 is 2.17 bits per heavy atom. The molecule has 2 rings (SSSR count). The Hall–Kier alpha value is -1.24. The molecule has 0 spiro atoms. The molecule has 0 fully saturated rings. The van der Waals surface area contributed by atoms with Gasteiger partial charge in [0, 0.05) is 6.42 Å². The molecular formula is C11H16BrN5O. The fourth-order valence-electron chi connectivity index (χ4n) is 1.50. The Balaban J connectivity index is 2.02. The van der Waals surface area contributed by atoms with E-state index < -0.39 is 0 Å². The lowest BCUT2D eigenvalue weighted by molar-refractivity contribution is 0.357. The molecule has 0 radical (unpaired) electrons. The number of nitrogens with zero attached hydrogens (tertiary/aromatic N) is 5. The Morgan fingerprint density at radius 1 is 1.39 bits per heavy atom. The number of rotatable bonds is 5. The highest BCUT2D eigenvalue weighted by molar-refractivity contribution is 9.09. The van der Waals surface area contributed by atoms with E-state index in [0.29, 0.717) is 24.2 Å². The van der Waals surface area contributed by atoms with Gasteiger partial charge in [0.05, 0.1) is 16.7 Å². The minimum atomic E-state index is 0.188. The van der Waals surface area contributed by atoms with E-state index in [2.05, 4.69) is 50.2 Å². The van der Waals surface area contributed by atoms with Crippen molar-refractivity contribution in [3.63, 3.8) is 0 Å². The molecule has 7 heteroatoms. The maximum atomic E-state index is 5.17. The standard InChI is InChI=1S/C11H16BrN5O/c1-7(2)4-11-13-10(15-18-11)6-17-5-9(8(3)12)14-16-17/h5,7-8H,4,6H2,1-3H3. The van der Waals surface area contributed by atoms with Crippen LogP contribution in [-0.4, -0.2) is 25.1 Å². The van der Waals surface area contributed by atoms with Gasteiger partial charge in [-0.3, -0.25) is 0 Å². The van der Waals surface area contributed by atoms with Crippen LogP contribution in [0, 0.1) is 5.92 Å². The largest absolute Gasteiger partial charge is 0.339 e. The summed E-state index contributed by atoms with van der Waals surface area (Å²) < 4.78 is 6.88. The summed E-state index contributed by atoms with van der Waals surface area (Å²) in [6.45, 7) is 6.72. The molecule has 0 aliphatic carbocycles. The van der Waals surface area contributed by atoms with Crippen LogP contribution in [0.25, 0.3) is 0 Å². The fourth-order valence-corrected chi connectivity index (χ4v) is 1.71. The molecule has 0 saturated carbocycles. The fraction of sp³-hybridized carbons (Fsp3) is 0.636. The Bertz CT molecular complexity index is 505. The molecular weight excluding hydrogens is 298 g/mol. The van der Waals surface area contributed by atoms with Crippen molar-refractivity contribution < 1.29 is 4.52 Å². The molecule has 0 bridgehead atoms. The zero-order chi connectivity index (χ0) is 13.1. The summed E-state index contributed by atoms with van der Waals surface area (Å²) in [6, 6.07) is 0. The van der Waals surface area contributed by atoms with Crippen molar-refractivity contribution in [2.24, 2.45) is 5.92 Å². The Kier molecular flexibility index (Phi) is 4.11. The predicted octanol–water partition coefficient (Wildman–Crippen LogP) is 2.36. The molecule has 1 unspecified atom stereocenters. The molecule has 98 valence electrons. The summed E-state index contributed by atoms with van der Waals surface area (Å²) in [5.74, 6) is 1.81. The van der Waals surface area contributed by atoms with E-state index in [0.717, 1.165) is 12.1 Å². The second-order valence-electron chi connectivity index (χ2n) is 4.66. The van der Waals surface area contributed by atoms with Crippen LogP contribution in [0.3, 0.4) is 0 Å². The lowest BCUT2D eigenvalue weighted by Crippen LogP contribution is -2.02. The smallest absolute Gasteiger partial charge is 0.226 e. The van der Waals surface area contributed by atoms with Crippen molar-refractivity contribution in [1.29, 1.82) is 0 Å². The summed E-state index contributed by atoms with van der Waals surface area (Å²) in [7, 11) is 0. The molecule has 0 saturated heterocycles. The molecule has 2 aromatic rings. The highest BCUT2D eigenvalue weighted by Crippen LogP contribution is 2.18.